The smallest absolute Gasteiger partial charge is 0.416 e. The number of anilines is 1. The van der Waals surface area contributed by atoms with E-state index in [1.165, 1.54) is 18.2 Å². The van der Waals surface area contributed by atoms with Gasteiger partial charge >= 0.3 is 6.18 Å². The predicted molar refractivity (Wildman–Crippen MR) is 163 cm³/mol. The number of benzene rings is 2. The van der Waals surface area contributed by atoms with Gasteiger partial charge in [0.1, 0.15) is 5.75 Å². The fourth-order valence-corrected chi connectivity index (χ4v) is 5.70. The molecule has 0 radical (unpaired) electrons. The highest BCUT2D eigenvalue weighted by atomic mass is 32.2. The number of fused-ring (bicyclic) bond motifs is 1. The van der Waals surface area contributed by atoms with Crippen LogP contribution in [0.25, 0.3) is 0 Å². The van der Waals surface area contributed by atoms with E-state index in [0.29, 0.717) is 31.9 Å². The Balaban J connectivity index is 1.88. The summed E-state index contributed by atoms with van der Waals surface area (Å²) in [7, 11) is -1.74. The Morgan fingerprint density at radius 3 is 2.43 bits per heavy atom. The highest BCUT2D eigenvalue weighted by Gasteiger charge is 2.31. The summed E-state index contributed by atoms with van der Waals surface area (Å²) >= 11 is 0. The average molecular weight is 644 g/mol. The second-order valence-corrected chi connectivity index (χ2v) is 13.5. The van der Waals surface area contributed by atoms with Crippen molar-refractivity contribution < 1.29 is 41.0 Å². The zero-order valence-corrected chi connectivity index (χ0v) is 26.7. The molecule has 0 saturated heterocycles. The van der Waals surface area contributed by atoms with Crippen LogP contribution in [0.2, 0.25) is 0 Å². The Labute approximate surface area is 258 Å². The van der Waals surface area contributed by atoms with Crippen molar-refractivity contribution in [1.29, 1.82) is 0 Å². The minimum Gasteiger partial charge on any atom is -0.490 e. The molecule has 0 aromatic heterocycles. The molecule has 1 amide bonds. The van der Waals surface area contributed by atoms with Gasteiger partial charge in [-0.15, -0.1) is 0 Å². The molecule has 3 rings (SSSR count). The standard InChI is InChI=1S/C31H44F3N3O6S/c1-21-17-37(22(2)20-38)30(39)27-16-26(35-44(5,40)41)13-14-28(27)43-23(3)8-6-7-15-42-29(21)19-36(4)18-24-9-11-25(12-10-24)31(32,33)34/h9-14,16,21-23,29,35,38H,6-8,15,17-20H2,1-5H3/t21-,22+,23+,29+/m0/s1. The maximum atomic E-state index is 14.1. The molecule has 2 aromatic rings. The maximum absolute atomic E-state index is 14.1. The van der Waals surface area contributed by atoms with E-state index < -0.39 is 33.7 Å². The van der Waals surface area contributed by atoms with Gasteiger partial charge in [0, 0.05) is 37.8 Å². The molecule has 0 bridgehead atoms. The van der Waals surface area contributed by atoms with Gasteiger partial charge in [0.05, 0.1) is 42.2 Å². The number of halogens is 3. The van der Waals surface area contributed by atoms with Gasteiger partial charge in [-0.1, -0.05) is 19.1 Å². The second-order valence-electron chi connectivity index (χ2n) is 11.8. The number of ether oxygens (including phenoxy) is 2. The monoisotopic (exact) mass is 643 g/mol. The summed E-state index contributed by atoms with van der Waals surface area (Å²) in [6.45, 7) is 6.84. The molecule has 2 aromatic carbocycles. The molecule has 9 nitrogen and oxygen atoms in total. The van der Waals surface area contributed by atoms with Gasteiger partial charge in [-0.25, -0.2) is 8.42 Å². The Hall–Kier alpha value is -2.87. The molecule has 2 N–H and O–H groups in total. The fraction of sp³-hybridized carbons (Fsp3) is 0.581. The minimum atomic E-state index is -4.40. The summed E-state index contributed by atoms with van der Waals surface area (Å²) in [5.74, 6) is -0.302. The molecule has 0 unspecified atom stereocenters. The van der Waals surface area contributed by atoms with Crippen LogP contribution in [0, 0.1) is 5.92 Å². The first-order valence-electron chi connectivity index (χ1n) is 14.7. The molecule has 4 atom stereocenters. The molecule has 0 spiro atoms. The molecular formula is C31H44F3N3O6S. The Kier molecular flexibility index (Phi) is 12.5. The number of nitrogens with zero attached hydrogens (tertiary/aromatic N) is 2. The number of carbonyl (C=O) groups excluding carboxylic acids is 1. The number of hydrogen-bond donors (Lipinski definition) is 2. The van der Waals surface area contributed by atoms with Gasteiger partial charge in [-0.2, -0.15) is 13.2 Å². The molecule has 0 aliphatic carbocycles. The van der Waals surface area contributed by atoms with Gasteiger partial charge in [0.2, 0.25) is 10.0 Å². The van der Waals surface area contributed by atoms with Crippen LogP contribution in [0.15, 0.2) is 42.5 Å². The van der Waals surface area contributed by atoms with Crippen molar-refractivity contribution in [2.24, 2.45) is 5.92 Å². The second kappa shape index (κ2) is 15.4. The lowest BCUT2D eigenvalue weighted by Crippen LogP contribution is -2.47. The van der Waals surface area contributed by atoms with Gasteiger partial charge in [-0.05, 0) is 76.1 Å². The van der Waals surface area contributed by atoms with Crippen LogP contribution in [0.4, 0.5) is 18.9 Å². The Bertz CT molecular complexity index is 1340. The third-order valence-electron chi connectivity index (χ3n) is 7.58. The van der Waals surface area contributed by atoms with E-state index in [9.17, 15) is 31.5 Å². The van der Waals surface area contributed by atoms with Crippen LogP contribution in [0.5, 0.6) is 5.75 Å². The highest BCUT2D eigenvalue weighted by molar-refractivity contribution is 7.92. The van der Waals surface area contributed by atoms with E-state index in [-0.39, 0.29) is 42.5 Å². The van der Waals surface area contributed by atoms with Crippen molar-refractivity contribution in [3.05, 3.63) is 59.2 Å². The van der Waals surface area contributed by atoms with Crippen molar-refractivity contribution >= 4 is 21.6 Å². The van der Waals surface area contributed by atoms with E-state index >= 15 is 0 Å². The van der Waals surface area contributed by atoms with Gasteiger partial charge in [0.25, 0.3) is 5.91 Å². The molecule has 13 heteroatoms. The summed E-state index contributed by atoms with van der Waals surface area (Å²) in [5.41, 5.74) is 0.415. The molecule has 1 heterocycles. The third-order valence-corrected chi connectivity index (χ3v) is 8.19. The number of aliphatic hydroxyl groups is 1. The SMILES string of the molecule is C[C@@H]1CCCCO[C@H](CN(C)Cc2ccc(C(F)(F)F)cc2)[C@@H](C)CN([C@H](C)CO)C(=O)c2cc(NS(C)(=O)=O)ccc2O1. The van der Waals surface area contributed by atoms with Crippen molar-refractivity contribution in [1.82, 2.24) is 9.80 Å². The van der Waals surface area contributed by atoms with Crippen LogP contribution < -0.4 is 9.46 Å². The largest absolute Gasteiger partial charge is 0.490 e. The van der Waals surface area contributed by atoms with Crippen molar-refractivity contribution in [2.45, 2.75) is 71.0 Å². The number of hydrogen-bond acceptors (Lipinski definition) is 7. The number of likely N-dealkylation sites (N-methyl/N-ethyl adjacent to an activating group) is 1. The number of nitrogens with one attached hydrogen (secondary N) is 1. The lowest BCUT2D eigenvalue weighted by Gasteiger charge is -2.36. The average Bonchev–Trinajstić information content (AvgIpc) is 2.93. The van der Waals surface area contributed by atoms with E-state index in [1.807, 2.05) is 25.8 Å². The molecule has 246 valence electrons. The molecule has 0 fully saturated rings. The Morgan fingerprint density at radius 1 is 1.14 bits per heavy atom. The molecule has 44 heavy (non-hydrogen) atoms. The zero-order valence-electron chi connectivity index (χ0n) is 25.9. The first-order valence-corrected chi connectivity index (χ1v) is 16.6. The first kappa shape index (κ1) is 35.6. The van der Waals surface area contributed by atoms with E-state index in [4.69, 9.17) is 9.47 Å². The predicted octanol–water partition coefficient (Wildman–Crippen LogP) is 5.00. The molecule has 1 aliphatic rings. The number of sulfonamides is 1. The van der Waals surface area contributed by atoms with Gasteiger partial charge in [-0.3, -0.25) is 14.4 Å². The highest BCUT2D eigenvalue weighted by Crippen LogP contribution is 2.30. The quantitative estimate of drug-likeness (QED) is 0.417. The van der Waals surface area contributed by atoms with E-state index in [0.717, 1.165) is 36.8 Å². The first-order chi connectivity index (χ1) is 20.6. The maximum Gasteiger partial charge on any atom is 0.416 e. The summed E-state index contributed by atoms with van der Waals surface area (Å²) in [5, 5.41) is 10.1. The van der Waals surface area contributed by atoms with Crippen molar-refractivity contribution in [3.63, 3.8) is 0 Å². The number of aliphatic hydroxyl groups excluding tert-OH is 1. The van der Waals surface area contributed by atoms with E-state index in [2.05, 4.69) is 4.72 Å². The van der Waals surface area contributed by atoms with E-state index in [1.54, 1.807) is 24.0 Å². The molecular weight excluding hydrogens is 599 g/mol. The number of amides is 1. The fourth-order valence-electron chi connectivity index (χ4n) is 5.15. The minimum absolute atomic E-state index is 0.173. The van der Waals surface area contributed by atoms with Crippen LogP contribution in [-0.2, 0) is 27.5 Å². The number of carbonyl (C=O) groups is 1. The summed E-state index contributed by atoms with van der Waals surface area (Å²) in [6, 6.07) is 9.08. The molecule has 1 aliphatic heterocycles. The lowest BCUT2D eigenvalue weighted by molar-refractivity contribution is -0.137. The summed E-state index contributed by atoms with van der Waals surface area (Å²) in [4.78, 5) is 17.6. The van der Waals surface area contributed by atoms with Crippen LogP contribution in [-0.4, -0.2) is 87.1 Å². The van der Waals surface area contributed by atoms with Gasteiger partial charge in [0.15, 0.2) is 0 Å². The van der Waals surface area contributed by atoms with Crippen LogP contribution >= 0.6 is 0 Å². The summed E-state index contributed by atoms with van der Waals surface area (Å²) in [6.07, 6.45) is -1.64. The number of alkyl halides is 3. The lowest BCUT2D eigenvalue weighted by atomic mass is 10.0. The van der Waals surface area contributed by atoms with Crippen molar-refractivity contribution in [2.75, 3.05) is 44.3 Å². The summed E-state index contributed by atoms with van der Waals surface area (Å²) < 4.78 is 77.7. The topological polar surface area (TPSA) is 108 Å². The molecule has 0 saturated carbocycles. The third kappa shape index (κ3) is 10.6. The van der Waals surface area contributed by atoms with Crippen LogP contribution in [0.1, 0.15) is 61.5 Å². The zero-order chi connectivity index (χ0) is 32.7. The number of rotatable bonds is 8. The normalized spacial score (nSPS) is 21.7. The van der Waals surface area contributed by atoms with Crippen molar-refractivity contribution in [3.8, 4) is 5.75 Å². The Morgan fingerprint density at radius 2 is 1.82 bits per heavy atom. The van der Waals surface area contributed by atoms with Crippen LogP contribution in [0.3, 0.4) is 0 Å². The van der Waals surface area contributed by atoms with Gasteiger partial charge < -0.3 is 19.5 Å².